The number of nitrogens with zero attached hydrogens (tertiary/aromatic N) is 2. The molecule has 1 aromatic rings. The molecule has 0 aliphatic heterocycles. The monoisotopic (exact) mass is 283 g/mol. The van der Waals surface area contributed by atoms with E-state index in [0.717, 1.165) is 0 Å². The molecule has 0 aliphatic rings. The number of rotatable bonds is 4. The molecule has 1 rings (SSSR count). The van der Waals surface area contributed by atoms with Crippen LogP contribution in [0.25, 0.3) is 0 Å². The van der Waals surface area contributed by atoms with Crippen molar-refractivity contribution < 1.29 is 19.4 Å². The van der Waals surface area contributed by atoms with E-state index in [1.807, 2.05) is 0 Å². The van der Waals surface area contributed by atoms with E-state index in [0.29, 0.717) is 5.69 Å². The predicted octanol–water partition coefficient (Wildman–Crippen LogP) is 1.50. The molecule has 112 valence electrons. The Labute approximate surface area is 118 Å². The molecule has 1 heterocycles. The Morgan fingerprint density at radius 3 is 2.45 bits per heavy atom. The van der Waals surface area contributed by atoms with E-state index < -0.39 is 29.6 Å². The predicted molar refractivity (Wildman–Crippen MR) is 72.4 cm³/mol. The number of nitrogens with one attached hydrogen (secondary N) is 1. The van der Waals surface area contributed by atoms with Crippen LogP contribution < -0.4 is 5.32 Å². The van der Waals surface area contributed by atoms with Crippen molar-refractivity contribution in [3.63, 3.8) is 0 Å². The van der Waals surface area contributed by atoms with Gasteiger partial charge in [0.15, 0.2) is 0 Å². The fourth-order valence-corrected chi connectivity index (χ4v) is 1.81. The number of aromatic nitrogens is 2. The molecule has 0 unspecified atom stereocenters. The Bertz CT molecular complexity index is 490. The minimum Gasteiger partial charge on any atom is -0.480 e. The molecule has 0 aromatic carbocycles. The van der Waals surface area contributed by atoms with Crippen LogP contribution in [0, 0.1) is 0 Å². The van der Waals surface area contributed by atoms with Crippen molar-refractivity contribution in [3.8, 4) is 0 Å². The first-order valence-corrected chi connectivity index (χ1v) is 6.30. The number of carboxylic acids is 1. The van der Waals surface area contributed by atoms with Crippen LogP contribution in [0.4, 0.5) is 4.79 Å². The number of carboxylic acid groups (broad SMARTS) is 1. The number of ether oxygens (including phenoxy) is 1. The zero-order chi connectivity index (χ0) is 15.5. The number of carbonyl (C=O) groups excluding carboxylic acids is 1. The smallest absolute Gasteiger partial charge is 0.408 e. The second kappa shape index (κ2) is 5.94. The number of carbonyl (C=O) groups is 2. The van der Waals surface area contributed by atoms with Gasteiger partial charge in [-0.2, -0.15) is 0 Å². The molecule has 7 heteroatoms. The van der Waals surface area contributed by atoms with Gasteiger partial charge in [0, 0.05) is 24.9 Å². The van der Waals surface area contributed by atoms with Gasteiger partial charge < -0.3 is 19.7 Å². The number of aliphatic carboxylic acids is 1. The molecule has 0 saturated heterocycles. The topological polar surface area (TPSA) is 93.5 Å². The molecule has 2 atom stereocenters. The van der Waals surface area contributed by atoms with Gasteiger partial charge in [-0.25, -0.2) is 14.6 Å². The van der Waals surface area contributed by atoms with Gasteiger partial charge in [-0.3, -0.25) is 0 Å². The van der Waals surface area contributed by atoms with Gasteiger partial charge in [0.1, 0.15) is 11.6 Å². The summed E-state index contributed by atoms with van der Waals surface area (Å²) in [4.78, 5) is 27.0. The van der Waals surface area contributed by atoms with Gasteiger partial charge in [0.05, 0.1) is 6.33 Å². The summed E-state index contributed by atoms with van der Waals surface area (Å²) in [5.41, 5.74) is 0.0385. The highest BCUT2D eigenvalue weighted by molar-refractivity contribution is 5.81. The average molecular weight is 283 g/mol. The minimum absolute atomic E-state index is 0.437. The molecule has 0 fully saturated rings. The Morgan fingerprint density at radius 2 is 2.05 bits per heavy atom. The summed E-state index contributed by atoms with van der Waals surface area (Å²) in [5.74, 6) is -1.56. The lowest BCUT2D eigenvalue weighted by Gasteiger charge is -2.25. The Kier molecular flexibility index (Phi) is 4.75. The first-order chi connectivity index (χ1) is 9.11. The number of amides is 1. The first-order valence-electron chi connectivity index (χ1n) is 6.30. The second-order valence-corrected chi connectivity index (χ2v) is 5.68. The van der Waals surface area contributed by atoms with Crippen LogP contribution >= 0.6 is 0 Å². The lowest BCUT2D eigenvalue weighted by Crippen LogP contribution is -2.46. The minimum atomic E-state index is -1.12. The number of imidazole rings is 1. The van der Waals surface area contributed by atoms with E-state index in [-0.39, 0.29) is 0 Å². The molecule has 20 heavy (non-hydrogen) atoms. The van der Waals surface area contributed by atoms with E-state index in [2.05, 4.69) is 10.3 Å². The Hall–Kier alpha value is -2.05. The van der Waals surface area contributed by atoms with Crippen molar-refractivity contribution in [3.05, 3.63) is 18.2 Å². The van der Waals surface area contributed by atoms with Crippen molar-refractivity contribution in [2.45, 2.75) is 45.3 Å². The quantitative estimate of drug-likeness (QED) is 0.873. The standard InChI is InChI=1S/C13H21N3O4/c1-8(9-6-14-7-16(9)5)10(11(17)18)15-12(19)20-13(2,3)4/h6-8,10H,1-5H3,(H,15,19)(H,17,18)/t8-,10+/m1/s1. The van der Waals surface area contributed by atoms with Gasteiger partial charge in [0.25, 0.3) is 0 Å². The van der Waals surface area contributed by atoms with Crippen LogP contribution in [0.1, 0.15) is 39.3 Å². The van der Waals surface area contributed by atoms with Gasteiger partial charge >= 0.3 is 12.1 Å². The Balaban J connectivity index is 2.83. The first kappa shape index (κ1) is 16.0. The normalized spacial score (nSPS) is 14.4. The highest BCUT2D eigenvalue weighted by atomic mass is 16.6. The molecule has 0 bridgehead atoms. The molecule has 0 aliphatic carbocycles. The van der Waals surface area contributed by atoms with E-state index in [4.69, 9.17) is 4.74 Å². The molecule has 2 N–H and O–H groups in total. The SMILES string of the molecule is C[C@H](c1cncn1C)[C@H](NC(=O)OC(C)(C)C)C(=O)O. The summed E-state index contributed by atoms with van der Waals surface area (Å²) < 4.78 is 6.80. The zero-order valence-corrected chi connectivity index (χ0v) is 12.4. The van der Waals surface area contributed by atoms with Crippen LogP contribution in [0.15, 0.2) is 12.5 Å². The summed E-state index contributed by atoms with van der Waals surface area (Å²) in [7, 11) is 1.77. The maximum absolute atomic E-state index is 11.7. The highest BCUT2D eigenvalue weighted by Gasteiger charge is 2.31. The van der Waals surface area contributed by atoms with Crippen LogP contribution in [0.2, 0.25) is 0 Å². The van der Waals surface area contributed by atoms with E-state index >= 15 is 0 Å². The number of aryl methyl sites for hydroxylation is 1. The average Bonchev–Trinajstić information content (AvgIpc) is 2.68. The number of alkyl carbamates (subject to hydrolysis) is 1. The molecular weight excluding hydrogens is 262 g/mol. The third-order valence-electron chi connectivity index (χ3n) is 2.76. The maximum atomic E-state index is 11.7. The number of hydrogen-bond acceptors (Lipinski definition) is 4. The third kappa shape index (κ3) is 4.25. The van der Waals surface area contributed by atoms with Crippen LogP contribution in [0.5, 0.6) is 0 Å². The number of hydrogen-bond donors (Lipinski definition) is 2. The lowest BCUT2D eigenvalue weighted by molar-refractivity contribution is -0.140. The van der Waals surface area contributed by atoms with Crippen molar-refractivity contribution in [1.82, 2.24) is 14.9 Å². The second-order valence-electron chi connectivity index (χ2n) is 5.68. The van der Waals surface area contributed by atoms with Crippen molar-refractivity contribution >= 4 is 12.1 Å². The summed E-state index contributed by atoms with van der Waals surface area (Å²) in [5, 5.41) is 11.7. The molecule has 1 amide bonds. The van der Waals surface area contributed by atoms with E-state index in [1.165, 1.54) is 0 Å². The van der Waals surface area contributed by atoms with Gasteiger partial charge in [-0.05, 0) is 20.8 Å². The van der Waals surface area contributed by atoms with E-state index in [1.54, 1.807) is 51.8 Å². The molecule has 0 spiro atoms. The van der Waals surface area contributed by atoms with Crippen molar-refractivity contribution in [1.29, 1.82) is 0 Å². The molecule has 0 saturated carbocycles. The zero-order valence-electron chi connectivity index (χ0n) is 12.4. The van der Waals surface area contributed by atoms with E-state index in [9.17, 15) is 14.7 Å². The fourth-order valence-electron chi connectivity index (χ4n) is 1.81. The summed E-state index contributed by atoms with van der Waals surface area (Å²) in [6.45, 7) is 6.86. The molecule has 0 radical (unpaired) electrons. The third-order valence-corrected chi connectivity index (χ3v) is 2.76. The van der Waals surface area contributed by atoms with Crippen LogP contribution in [0.3, 0.4) is 0 Å². The molecular formula is C13H21N3O4. The Morgan fingerprint density at radius 1 is 1.45 bits per heavy atom. The lowest BCUT2D eigenvalue weighted by atomic mass is 9.99. The van der Waals surface area contributed by atoms with Gasteiger partial charge in [-0.15, -0.1) is 0 Å². The van der Waals surface area contributed by atoms with Gasteiger partial charge in [-0.1, -0.05) is 6.92 Å². The van der Waals surface area contributed by atoms with Crippen molar-refractivity contribution in [2.24, 2.45) is 7.05 Å². The van der Waals surface area contributed by atoms with Crippen molar-refractivity contribution in [2.75, 3.05) is 0 Å². The molecule has 7 nitrogen and oxygen atoms in total. The highest BCUT2D eigenvalue weighted by Crippen LogP contribution is 2.19. The fraction of sp³-hybridized carbons (Fsp3) is 0.615. The molecule has 1 aromatic heterocycles. The summed E-state index contributed by atoms with van der Waals surface area (Å²) in [6.07, 6.45) is 2.41. The largest absolute Gasteiger partial charge is 0.480 e. The van der Waals surface area contributed by atoms with Crippen LogP contribution in [-0.4, -0.2) is 38.4 Å². The van der Waals surface area contributed by atoms with Gasteiger partial charge in [0.2, 0.25) is 0 Å². The summed E-state index contributed by atoms with van der Waals surface area (Å²) >= 11 is 0. The maximum Gasteiger partial charge on any atom is 0.408 e. The van der Waals surface area contributed by atoms with Crippen LogP contribution in [-0.2, 0) is 16.6 Å². The summed E-state index contributed by atoms with van der Waals surface area (Å²) in [6, 6.07) is -1.08.